The van der Waals surface area contributed by atoms with E-state index in [0.717, 1.165) is 19.3 Å². The average molecular weight is 243 g/mol. The fraction of sp³-hybridized carbons (Fsp3) is 0.467. The Morgan fingerprint density at radius 2 is 1.83 bits per heavy atom. The first kappa shape index (κ1) is 12.8. The van der Waals surface area contributed by atoms with Crippen molar-refractivity contribution in [1.29, 1.82) is 0 Å². The zero-order valence-electron chi connectivity index (χ0n) is 11.1. The standard InChI is InChI=1S/C15H21N3/c1-3-11(4-2)15-13(10-14(16)17-18-15)12-8-6-5-7-9-12/h5-9,11,13H,3-4,10H2,1-2H3,(H2,16,17). The van der Waals surface area contributed by atoms with Crippen LogP contribution in [0.3, 0.4) is 0 Å². The molecule has 1 aliphatic heterocycles. The molecule has 0 saturated carbocycles. The van der Waals surface area contributed by atoms with Gasteiger partial charge in [0.1, 0.15) is 5.84 Å². The normalized spacial score (nSPS) is 19.6. The van der Waals surface area contributed by atoms with Gasteiger partial charge in [0.05, 0.1) is 5.71 Å². The van der Waals surface area contributed by atoms with Gasteiger partial charge in [-0.05, 0) is 24.3 Å². The molecular weight excluding hydrogens is 222 g/mol. The second kappa shape index (κ2) is 5.80. The van der Waals surface area contributed by atoms with Crippen molar-refractivity contribution in [1.82, 2.24) is 0 Å². The molecule has 18 heavy (non-hydrogen) atoms. The highest BCUT2D eigenvalue weighted by Crippen LogP contribution is 2.30. The van der Waals surface area contributed by atoms with Gasteiger partial charge < -0.3 is 5.73 Å². The van der Waals surface area contributed by atoms with Crippen molar-refractivity contribution in [3.63, 3.8) is 0 Å². The van der Waals surface area contributed by atoms with Gasteiger partial charge in [-0.25, -0.2) is 0 Å². The summed E-state index contributed by atoms with van der Waals surface area (Å²) >= 11 is 0. The summed E-state index contributed by atoms with van der Waals surface area (Å²) in [5.41, 5.74) is 8.34. The Kier molecular flexibility index (Phi) is 4.13. The molecule has 96 valence electrons. The van der Waals surface area contributed by atoms with Gasteiger partial charge in [-0.3, -0.25) is 0 Å². The van der Waals surface area contributed by atoms with Crippen LogP contribution in [-0.2, 0) is 0 Å². The second-order valence-electron chi connectivity index (χ2n) is 4.80. The molecule has 1 aromatic rings. The van der Waals surface area contributed by atoms with E-state index in [1.165, 1.54) is 11.3 Å². The summed E-state index contributed by atoms with van der Waals surface area (Å²) in [5, 5.41) is 8.48. The van der Waals surface area contributed by atoms with Gasteiger partial charge in [0.15, 0.2) is 0 Å². The van der Waals surface area contributed by atoms with Gasteiger partial charge in [0.2, 0.25) is 0 Å². The molecule has 1 aliphatic rings. The maximum Gasteiger partial charge on any atom is 0.123 e. The van der Waals surface area contributed by atoms with Crippen molar-refractivity contribution >= 4 is 11.5 Å². The Balaban J connectivity index is 2.34. The monoisotopic (exact) mass is 243 g/mol. The largest absolute Gasteiger partial charge is 0.386 e. The number of hydrogen-bond acceptors (Lipinski definition) is 3. The van der Waals surface area contributed by atoms with Crippen LogP contribution in [0.5, 0.6) is 0 Å². The fourth-order valence-corrected chi connectivity index (χ4v) is 2.59. The van der Waals surface area contributed by atoms with Crippen LogP contribution in [0.4, 0.5) is 0 Å². The molecule has 0 bridgehead atoms. The van der Waals surface area contributed by atoms with Gasteiger partial charge in [-0.2, -0.15) is 5.10 Å². The minimum Gasteiger partial charge on any atom is -0.386 e. The van der Waals surface area contributed by atoms with Crippen LogP contribution >= 0.6 is 0 Å². The lowest BCUT2D eigenvalue weighted by molar-refractivity contribution is 0.612. The van der Waals surface area contributed by atoms with Crippen LogP contribution in [0.15, 0.2) is 40.5 Å². The minimum atomic E-state index is 0.300. The number of nitrogens with two attached hydrogens (primary N) is 1. The van der Waals surface area contributed by atoms with Crippen molar-refractivity contribution in [3.05, 3.63) is 35.9 Å². The Morgan fingerprint density at radius 3 is 2.44 bits per heavy atom. The molecule has 2 N–H and O–H groups in total. The molecule has 0 radical (unpaired) electrons. The first-order valence-corrected chi connectivity index (χ1v) is 6.71. The predicted molar refractivity (Wildman–Crippen MR) is 76.9 cm³/mol. The highest BCUT2D eigenvalue weighted by Gasteiger charge is 2.27. The summed E-state index contributed by atoms with van der Waals surface area (Å²) in [4.78, 5) is 0. The van der Waals surface area contributed by atoms with Crippen LogP contribution in [0.1, 0.15) is 44.6 Å². The lowest BCUT2D eigenvalue weighted by Gasteiger charge is -2.26. The van der Waals surface area contributed by atoms with Gasteiger partial charge in [-0.1, -0.05) is 44.2 Å². The molecule has 0 amide bonds. The van der Waals surface area contributed by atoms with Gasteiger partial charge in [0, 0.05) is 12.3 Å². The predicted octanol–water partition coefficient (Wildman–Crippen LogP) is 3.32. The van der Waals surface area contributed by atoms with Crippen LogP contribution in [-0.4, -0.2) is 11.5 Å². The van der Waals surface area contributed by atoms with E-state index in [9.17, 15) is 0 Å². The molecule has 3 heteroatoms. The summed E-state index contributed by atoms with van der Waals surface area (Å²) in [5.74, 6) is 1.44. The summed E-state index contributed by atoms with van der Waals surface area (Å²) < 4.78 is 0. The number of rotatable bonds is 4. The van der Waals surface area contributed by atoms with E-state index in [4.69, 9.17) is 5.73 Å². The Labute approximate surface area is 109 Å². The summed E-state index contributed by atoms with van der Waals surface area (Å²) in [7, 11) is 0. The fourth-order valence-electron chi connectivity index (χ4n) is 2.59. The van der Waals surface area contributed by atoms with E-state index < -0.39 is 0 Å². The van der Waals surface area contributed by atoms with E-state index in [1.807, 2.05) is 6.07 Å². The number of nitrogens with zero attached hydrogens (tertiary/aromatic N) is 2. The number of amidine groups is 1. The second-order valence-corrected chi connectivity index (χ2v) is 4.80. The first-order valence-electron chi connectivity index (χ1n) is 6.71. The minimum absolute atomic E-state index is 0.300. The van der Waals surface area contributed by atoms with E-state index >= 15 is 0 Å². The maximum absolute atomic E-state index is 5.85. The molecule has 0 aromatic heterocycles. The van der Waals surface area contributed by atoms with Crippen molar-refractivity contribution in [3.8, 4) is 0 Å². The van der Waals surface area contributed by atoms with Gasteiger partial charge in [0.25, 0.3) is 0 Å². The van der Waals surface area contributed by atoms with E-state index in [1.54, 1.807) is 0 Å². The van der Waals surface area contributed by atoms with Gasteiger partial charge >= 0.3 is 0 Å². The Bertz CT molecular complexity index is 444. The molecule has 0 saturated heterocycles. The third kappa shape index (κ3) is 2.61. The third-order valence-corrected chi connectivity index (χ3v) is 3.67. The highest BCUT2D eigenvalue weighted by atomic mass is 15.2. The summed E-state index contributed by atoms with van der Waals surface area (Å²) in [6.07, 6.45) is 3.00. The average Bonchev–Trinajstić information content (AvgIpc) is 2.42. The molecule has 1 atom stereocenters. The molecule has 1 aromatic carbocycles. The van der Waals surface area contributed by atoms with Crippen LogP contribution in [0.2, 0.25) is 0 Å². The van der Waals surface area contributed by atoms with Crippen molar-refractivity contribution in [2.75, 3.05) is 0 Å². The zero-order valence-corrected chi connectivity index (χ0v) is 11.1. The highest BCUT2D eigenvalue weighted by molar-refractivity contribution is 5.99. The number of benzene rings is 1. The molecule has 0 fully saturated rings. The first-order chi connectivity index (χ1) is 8.76. The summed E-state index contributed by atoms with van der Waals surface area (Å²) in [6, 6.07) is 10.5. The van der Waals surface area contributed by atoms with Crippen LogP contribution in [0.25, 0.3) is 0 Å². The Hall–Kier alpha value is -1.64. The zero-order chi connectivity index (χ0) is 13.0. The molecular formula is C15H21N3. The lowest BCUT2D eigenvalue weighted by atomic mass is 9.81. The van der Waals surface area contributed by atoms with E-state index in [-0.39, 0.29) is 0 Å². The van der Waals surface area contributed by atoms with E-state index in [2.05, 4.69) is 48.3 Å². The Morgan fingerprint density at radius 1 is 1.17 bits per heavy atom. The smallest absolute Gasteiger partial charge is 0.123 e. The molecule has 3 nitrogen and oxygen atoms in total. The quantitative estimate of drug-likeness (QED) is 0.866. The molecule has 0 spiro atoms. The summed E-state index contributed by atoms with van der Waals surface area (Å²) in [6.45, 7) is 4.42. The van der Waals surface area contributed by atoms with Crippen LogP contribution < -0.4 is 5.73 Å². The van der Waals surface area contributed by atoms with Crippen LogP contribution in [0, 0.1) is 5.92 Å². The molecule has 1 heterocycles. The lowest BCUT2D eigenvalue weighted by Crippen LogP contribution is -2.29. The molecule has 0 aliphatic carbocycles. The van der Waals surface area contributed by atoms with Crippen molar-refractivity contribution in [2.45, 2.75) is 39.0 Å². The number of hydrogen-bond donors (Lipinski definition) is 1. The SMILES string of the molecule is CCC(CC)C1=NN=C(N)CC1c1ccccc1. The van der Waals surface area contributed by atoms with Crippen molar-refractivity contribution in [2.24, 2.45) is 21.9 Å². The van der Waals surface area contributed by atoms with E-state index in [0.29, 0.717) is 17.7 Å². The molecule has 1 unspecified atom stereocenters. The topological polar surface area (TPSA) is 50.7 Å². The van der Waals surface area contributed by atoms with Crippen molar-refractivity contribution < 1.29 is 0 Å². The third-order valence-electron chi connectivity index (χ3n) is 3.67. The van der Waals surface area contributed by atoms with Gasteiger partial charge in [-0.15, -0.1) is 5.10 Å². The molecule has 2 rings (SSSR count). The maximum atomic E-state index is 5.85.